The molecule has 1 aliphatic heterocycles. The summed E-state index contributed by atoms with van der Waals surface area (Å²) >= 11 is 1.51. The molecule has 9 heteroatoms. The highest BCUT2D eigenvalue weighted by Crippen LogP contribution is 2.22. The zero-order chi connectivity index (χ0) is 15.7. The smallest absolute Gasteiger partial charge is 0.205 e. The lowest BCUT2D eigenvalue weighted by atomic mass is 10.1. The van der Waals surface area contributed by atoms with Crippen molar-refractivity contribution in [2.45, 2.75) is 29.8 Å². The molecular formula is C13H14N3O4S2-. The van der Waals surface area contributed by atoms with Gasteiger partial charge < -0.3 is 8.97 Å². The Bertz CT molecular complexity index is 788. The summed E-state index contributed by atoms with van der Waals surface area (Å²) in [7, 11) is -4.54. The molecular weight excluding hydrogens is 326 g/mol. The van der Waals surface area contributed by atoms with Gasteiger partial charge in [-0.25, -0.2) is 18.4 Å². The fourth-order valence-corrected chi connectivity index (χ4v) is 3.19. The Morgan fingerprint density at radius 2 is 2.27 bits per heavy atom. The predicted octanol–water partition coefficient (Wildman–Crippen LogP) is 1.25. The van der Waals surface area contributed by atoms with E-state index in [4.69, 9.17) is 4.42 Å². The van der Waals surface area contributed by atoms with Crippen molar-refractivity contribution in [2.24, 2.45) is 0 Å². The predicted molar refractivity (Wildman–Crippen MR) is 78.3 cm³/mol. The van der Waals surface area contributed by atoms with Gasteiger partial charge in [0.05, 0.1) is 12.2 Å². The number of nitrogens with zero attached hydrogens (tertiary/aromatic N) is 3. The lowest BCUT2D eigenvalue weighted by molar-refractivity contribution is 0.216. The van der Waals surface area contributed by atoms with Crippen molar-refractivity contribution in [2.75, 3.05) is 12.8 Å². The van der Waals surface area contributed by atoms with Gasteiger partial charge in [-0.2, -0.15) is 0 Å². The van der Waals surface area contributed by atoms with Crippen molar-refractivity contribution in [3.05, 3.63) is 35.3 Å². The van der Waals surface area contributed by atoms with E-state index in [1.807, 2.05) is 12.5 Å². The molecule has 0 aliphatic carbocycles. The normalized spacial score (nSPS) is 15.7. The van der Waals surface area contributed by atoms with E-state index in [0.717, 1.165) is 29.4 Å². The first-order chi connectivity index (χ1) is 10.5. The second-order valence-corrected chi connectivity index (χ2v) is 7.05. The van der Waals surface area contributed by atoms with Crippen LogP contribution in [0.4, 0.5) is 0 Å². The fourth-order valence-electron chi connectivity index (χ4n) is 2.39. The highest BCUT2D eigenvalue weighted by atomic mass is 32.2. The minimum Gasteiger partial charge on any atom is -0.742 e. The molecule has 0 bridgehead atoms. The molecule has 0 radical (unpaired) electrons. The van der Waals surface area contributed by atoms with Gasteiger partial charge in [0, 0.05) is 31.3 Å². The minimum atomic E-state index is -4.54. The second kappa shape index (κ2) is 5.99. The lowest BCUT2D eigenvalue weighted by Gasteiger charge is -2.27. The summed E-state index contributed by atoms with van der Waals surface area (Å²) in [4.78, 5) is 10.9. The molecule has 1 aliphatic rings. The average molecular weight is 340 g/mol. The summed E-state index contributed by atoms with van der Waals surface area (Å²) in [5.41, 5.74) is 2.12. The van der Waals surface area contributed by atoms with Crippen molar-refractivity contribution >= 4 is 21.9 Å². The summed E-state index contributed by atoms with van der Waals surface area (Å²) in [6, 6.07) is 2.72. The first-order valence-corrected chi connectivity index (χ1v) is 9.25. The van der Waals surface area contributed by atoms with Gasteiger partial charge in [-0.15, -0.1) is 0 Å². The van der Waals surface area contributed by atoms with Crippen LogP contribution in [-0.2, 0) is 29.6 Å². The van der Waals surface area contributed by atoms with Crippen molar-refractivity contribution in [3.63, 3.8) is 0 Å². The topological polar surface area (TPSA) is 99.4 Å². The van der Waals surface area contributed by atoms with Gasteiger partial charge in [0.15, 0.2) is 15.3 Å². The Hall–Kier alpha value is -1.42. The Morgan fingerprint density at radius 3 is 2.95 bits per heavy atom. The molecule has 0 saturated carbocycles. The van der Waals surface area contributed by atoms with Crippen LogP contribution in [0.5, 0.6) is 0 Å². The molecule has 7 nitrogen and oxygen atoms in total. The van der Waals surface area contributed by atoms with E-state index >= 15 is 0 Å². The summed E-state index contributed by atoms with van der Waals surface area (Å²) < 4.78 is 37.7. The van der Waals surface area contributed by atoms with Crippen LogP contribution in [0.1, 0.15) is 17.0 Å². The van der Waals surface area contributed by atoms with Crippen LogP contribution in [0.3, 0.4) is 0 Å². The zero-order valence-corrected chi connectivity index (χ0v) is 13.5. The van der Waals surface area contributed by atoms with Gasteiger partial charge in [0.25, 0.3) is 0 Å². The van der Waals surface area contributed by atoms with Gasteiger partial charge in [-0.05, 0) is 18.4 Å². The molecule has 118 valence electrons. The molecule has 3 heterocycles. The Balaban J connectivity index is 1.71. The van der Waals surface area contributed by atoms with Crippen LogP contribution < -0.4 is 0 Å². The van der Waals surface area contributed by atoms with Crippen molar-refractivity contribution in [3.8, 4) is 0 Å². The summed E-state index contributed by atoms with van der Waals surface area (Å²) in [6.45, 7) is 1.90. The van der Waals surface area contributed by atoms with E-state index < -0.39 is 15.2 Å². The molecule has 0 aromatic carbocycles. The maximum Gasteiger partial charge on any atom is 0.205 e. The van der Waals surface area contributed by atoms with Crippen LogP contribution in [0.2, 0.25) is 0 Å². The van der Waals surface area contributed by atoms with E-state index in [2.05, 4.69) is 14.9 Å². The number of hydrogen-bond acceptors (Lipinski definition) is 8. The maximum absolute atomic E-state index is 10.9. The van der Waals surface area contributed by atoms with Crippen molar-refractivity contribution in [1.29, 1.82) is 0 Å². The lowest BCUT2D eigenvalue weighted by Crippen LogP contribution is -2.30. The molecule has 0 saturated heterocycles. The summed E-state index contributed by atoms with van der Waals surface area (Å²) in [5, 5.41) is 0.233. The van der Waals surface area contributed by atoms with Gasteiger partial charge in [0.1, 0.15) is 5.76 Å². The average Bonchev–Trinajstić information content (AvgIpc) is 2.95. The second-order valence-electron chi connectivity index (χ2n) is 4.96. The minimum absolute atomic E-state index is 0.444. The largest absolute Gasteiger partial charge is 0.742 e. The van der Waals surface area contributed by atoms with Crippen molar-refractivity contribution < 1.29 is 17.4 Å². The first-order valence-electron chi connectivity index (χ1n) is 6.61. The highest BCUT2D eigenvalue weighted by molar-refractivity contribution is 7.98. The third-order valence-corrected chi connectivity index (χ3v) is 4.71. The molecule has 0 amide bonds. The molecule has 22 heavy (non-hydrogen) atoms. The van der Waals surface area contributed by atoms with Gasteiger partial charge in [-0.1, -0.05) is 11.8 Å². The van der Waals surface area contributed by atoms with E-state index in [9.17, 15) is 13.0 Å². The maximum atomic E-state index is 10.9. The number of fused-ring (bicyclic) bond motifs is 1. The number of furan rings is 1. The Morgan fingerprint density at radius 1 is 1.45 bits per heavy atom. The first kappa shape index (κ1) is 15.5. The zero-order valence-electron chi connectivity index (χ0n) is 11.9. The number of hydrogen-bond donors (Lipinski definition) is 0. The van der Waals surface area contributed by atoms with Gasteiger partial charge >= 0.3 is 0 Å². The standard InChI is InChI=1S/C13H15N3O4S2/c1-21-13-14-6-9-7-16(5-4-11(9)15-13)8-10-2-3-12(20-10)22(17,18)19/h2-3,6H,4-5,7-8H2,1H3,(H,17,18,19)/p-1. The number of aromatic nitrogens is 2. The van der Waals surface area contributed by atoms with Crippen LogP contribution in [0, 0.1) is 0 Å². The Kier molecular flexibility index (Phi) is 4.22. The van der Waals surface area contributed by atoms with E-state index in [-0.39, 0.29) is 0 Å². The van der Waals surface area contributed by atoms with Crippen LogP contribution >= 0.6 is 11.8 Å². The number of rotatable bonds is 4. The Labute approximate surface area is 132 Å². The van der Waals surface area contributed by atoms with Crippen LogP contribution in [0.25, 0.3) is 0 Å². The van der Waals surface area contributed by atoms with E-state index in [0.29, 0.717) is 18.8 Å². The van der Waals surface area contributed by atoms with E-state index in [1.54, 1.807) is 0 Å². The molecule has 0 spiro atoms. The number of thioether (sulfide) groups is 1. The molecule has 2 aromatic rings. The third-order valence-electron chi connectivity index (χ3n) is 3.44. The highest BCUT2D eigenvalue weighted by Gasteiger charge is 2.20. The summed E-state index contributed by atoms with van der Waals surface area (Å²) in [6.07, 6.45) is 4.57. The SMILES string of the molecule is CSc1ncc2c(n1)CCN(Cc1ccc(S(=O)(=O)[O-])o1)C2. The quantitative estimate of drug-likeness (QED) is 0.466. The molecule has 0 fully saturated rings. The molecule has 0 atom stereocenters. The van der Waals surface area contributed by atoms with Gasteiger partial charge in [-0.3, -0.25) is 4.90 Å². The molecule has 3 rings (SSSR count). The molecule has 2 aromatic heterocycles. The van der Waals surface area contributed by atoms with Gasteiger partial charge in [0.2, 0.25) is 5.09 Å². The fraction of sp³-hybridized carbons (Fsp3) is 0.385. The monoisotopic (exact) mass is 340 g/mol. The van der Waals surface area contributed by atoms with Crippen molar-refractivity contribution in [1.82, 2.24) is 14.9 Å². The molecule has 0 N–H and O–H groups in total. The molecule has 0 unspecified atom stereocenters. The van der Waals surface area contributed by atoms with E-state index in [1.165, 1.54) is 23.9 Å². The third kappa shape index (κ3) is 3.32. The van der Waals surface area contributed by atoms with Crippen LogP contribution in [-0.4, -0.2) is 40.6 Å². The summed E-state index contributed by atoms with van der Waals surface area (Å²) in [5.74, 6) is 0.458. The van der Waals surface area contributed by atoms with Crippen LogP contribution in [0.15, 0.2) is 33.0 Å².